The van der Waals surface area contributed by atoms with Gasteiger partial charge in [0, 0.05) is 24.2 Å². The molecule has 1 aliphatic heterocycles. The molecule has 7 heteroatoms. The molecule has 0 saturated carbocycles. The zero-order valence-corrected chi connectivity index (χ0v) is 19.6. The molecule has 0 amide bonds. The Bertz CT molecular complexity index is 874. The first-order chi connectivity index (χ1) is 15.6. The normalized spacial score (nSPS) is 30.8. The molecule has 0 spiro atoms. The van der Waals surface area contributed by atoms with Crippen LogP contribution in [0.15, 0.2) is 60.5 Å². The first-order valence-electron chi connectivity index (χ1n) is 11.3. The van der Waals surface area contributed by atoms with E-state index in [1.165, 1.54) is 0 Å². The molecule has 33 heavy (non-hydrogen) atoms. The molecule has 180 valence electrons. The monoisotopic (exact) mass is 457 g/mol. The number of carbonyl (C=O) groups is 2. The van der Waals surface area contributed by atoms with Gasteiger partial charge < -0.3 is 20.1 Å². The summed E-state index contributed by atoms with van der Waals surface area (Å²) in [6.45, 7) is 5.32. The summed E-state index contributed by atoms with van der Waals surface area (Å²) in [5, 5.41) is 30.4. The van der Waals surface area contributed by atoms with Crippen LogP contribution >= 0.6 is 0 Å². The minimum Gasteiger partial charge on any atom is -0.481 e. The Morgan fingerprint density at radius 3 is 2.67 bits per heavy atom. The predicted octanol–water partition coefficient (Wildman–Crippen LogP) is 3.62. The highest BCUT2D eigenvalue weighted by atomic mass is 16.5. The van der Waals surface area contributed by atoms with E-state index in [2.05, 4.69) is 4.98 Å². The van der Waals surface area contributed by atoms with Crippen LogP contribution in [0.4, 0.5) is 0 Å². The third kappa shape index (κ3) is 8.94. The van der Waals surface area contributed by atoms with Gasteiger partial charge in [-0.25, -0.2) is 0 Å². The van der Waals surface area contributed by atoms with Gasteiger partial charge in [0.05, 0.1) is 24.5 Å². The van der Waals surface area contributed by atoms with Gasteiger partial charge >= 0.3 is 11.9 Å². The molecule has 3 N–H and O–H groups in total. The van der Waals surface area contributed by atoms with E-state index < -0.39 is 35.7 Å². The number of aliphatic hydroxyl groups excluding tert-OH is 1. The lowest BCUT2D eigenvalue weighted by Crippen LogP contribution is -2.37. The number of pyridine rings is 1. The number of aliphatic hydroxyl groups is 2. The summed E-state index contributed by atoms with van der Waals surface area (Å²) in [4.78, 5) is 27.8. The number of rotatable bonds is 6. The van der Waals surface area contributed by atoms with Crippen molar-refractivity contribution in [2.24, 2.45) is 11.8 Å². The summed E-state index contributed by atoms with van der Waals surface area (Å²) in [5.74, 6) is -2.42. The number of carboxylic acids is 1. The van der Waals surface area contributed by atoms with E-state index in [1.807, 2.05) is 44.2 Å². The van der Waals surface area contributed by atoms with Crippen molar-refractivity contribution in [1.29, 1.82) is 0 Å². The Morgan fingerprint density at radius 1 is 1.30 bits per heavy atom. The predicted molar refractivity (Wildman–Crippen MR) is 125 cm³/mol. The van der Waals surface area contributed by atoms with Crippen molar-refractivity contribution < 1.29 is 29.6 Å². The molecule has 1 aromatic heterocycles. The fourth-order valence-electron chi connectivity index (χ4n) is 3.87. The third-order valence-electron chi connectivity index (χ3n) is 6.01. The van der Waals surface area contributed by atoms with Crippen molar-refractivity contribution >= 4 is 11.9 Å². The number of carbonyl (C=O) groups excluding carboxylic acids is 1. The van der Waals surface area contributed by atoms with Crippen molar-refractivity contribution in [3.05, 3.63) is 66.0 Å². The van der Waals surface area contributed by atoms with Crippen LogP contribution in [0.3, 0.4) is 0 Å². The summed E-state index contributed by atoms with van der Waals surface area (Å²) in [7, 11) is 0. The topological polar surface area (TPSA) is 117 Å². The highest BCUT2D eigenvalue weighted by Gasteiger charge is 2.34. The number of aliphatic carboxylic acids is 1. The van der Waals surface area contributed by atoms with Gasteiger partial charge in [-0.05, 0) is 56.4 Å². The number of ether oxygens (including phenoxy) is 1. The Kier molecular flexibility index (Phi) is 10.0. The van der Waals surface area contributed by atoms with Gasteiger partial charge in [-0.15, -0.1) is 0 Å². The van der Waals surface area contributed by atoms with Crippen LogP contribution < -0.4 is 0 Å². The number of nitrogens with zero attached hydrogens (tertiary/aromatic N) is 1. The molecule has 0 aromatic carbocycles. The van der Waals surface area contributed by atoms with Crippen molar-refractivity contribution in [3.8, 4) is 0 Å². The van der Waals surface area contributed by atoms with Gasteiger partial charge in [0.15, 0.2) is 0 Å². The Morgan fingerprint density at radius 2 is 2.00 bits per heavy atom. The van der Waals surface area contributed by atoms with Crippen molar-refractivity contribution in [1.82, 2.24) is 4.98 Å². The summed E-state index contributed by atoms with van der Waals surface area (Å²) >= 11 is 0. The van der Waals surface area contributed by atoms with Gasteiger partial charge in [-0.1, -0.05) is 37.3 Å². The number of cyclic esters (lactones) is 1. The zero-order chi connectivity index (χ0) is 24.4. The first-order valence-corrected chi connectivity index (χ1v) is 11.3. The lowest BCUT2D eigenvalue weighted by molar-refractivity contribution is -0.151. The van der Waals surface area contributed by atoms with E-state index >= 15 is 0 Å². The quantitative estimate of drug-likeness (QED) is 0.339. The summed E-state index contributed by atoms with van der Waals surface area (Å²) in [6, 6.07) is 3.88. The lowest BCUT2D eigenvalue weighted by Gasteiger charge is -2.32. The third-order valence-corrected chi connectivity index (χ3v) is 6.01. The van der Waals surface area contributed by atoms with Gasteiger partial charge in [-0.2, -0.15) is 0 Å². The molecule has 0 saturated heterocycles. The lowest BCUT2D eigenvalue weighted by atomic mass is 9.80. The van der Waals surface area contributed by atoms with E-state index in [0.717, 1.165) is 17.6 Å². The second kappa shape index (κ2) is 12.5. The SMILES string of the molecule is C/C(=C\C=C\Cc1ccncc1)[C@H]1OC(=O)C[C@H](O)CC[C@@](C)(O)[C@@H](CC(=O)O)/C=C/[C@@H]1C. The number of hydrogen-bond acceptors (Lipinski definition) is 6. The summed E-state index contributed by atoms with van der Waals surface area (Å²) < 4.78 is 5.71. The van der Waals surface area contributed by atoms with Crippen LogP contribution in [0, 0.1) is 11.8 Å². The van der Waals surface area contributed by atoms with E-state index in [4.69, 9.17) is 4.74 Å². The molecule has 0 radical (unpaired) electrons. The highest BCUT2D eigenvalue weighted by Crippen LogP contribution is 2.30. The van der Waals surface area contributed by atoms with Gasteiger partial charge in [0.1, 0.15) is 6.10 Å². The maximum Gasteiger partial charge on any atom is 0.309 e. The van der Waals surface area contributed by atoms with Crippen LogP contribution in [0.2, 0.25) is 0 Å². The maximum atomic E-state index is 12.5. The molecule has 0 aliphatic carbocycles. The fourth-order valence-corrected chi connectivity index (χ4v) is 3.87. The molecule has 7 nitrogen and oxygen atoms in total. The molecule has 2 heterocycles. The molecule has 2 rings (SSSR count). The van der Waals surface area contributed by atoms with Gasteiger partial charge in [0.25, 0.3) is 0 Å². The Hall–Kier alpha value is -2.77. The van der Waals surface area contributed by atoms with Crippen LogP contribution in [-0.2, 0) is 20.7 Å². The molecule has 0 bridgehead atoms. The average molecular weight is 458 g/mol. The van der Waals surface area contributed by atoms with Crippen LogP contribution in [0.25, 0.3) is 0 Å². The minimum absolute atomic E-state index is 0.166. The molecule has 5 atom stereocenters. The molecule has 1 aromatic rings. The summed E-state index contributed by atoms with van der Waals surface area (Å²) in [6.07, 6.45) is 11.9. The van der Waals surface area contributed by atoms with E-state index in [9.17, 15) is 24.9 Å². The Labute approximate surface area is 195 Å². The highest BCUT2D eigenvalue weighted by molar-refractivity contribution is 5.70. The molecular weight excluding hydrogens is 422 g/mol. The van der Waals surface area contributed by atoms with E-state index in [-0.39, 0.29) is 31.6 Å². The number of carboxylic acid groups (broad SMARTS) is 1. The summed E-state index contributed by atoms with van der Waals surface area (Å²) in [5.41, 5.74) is 0.625. The second-order valence-electron chi connectivity index (χ2n) is 9.01. The molecule has 0 unspecified atom stereocenters. The standard InChI is InChI=1S/C26H35NO6/c1-18(6-4-5-7-20-11-14-27-15-12-20)25-19(2)8-9-21(16-23(29)30)26(3,32)13-10-22(28)17-24(31)33-25/h4-6,8-9,11-12,14-15,19,21-22,25,28,32H,7,10,13,16-17H2,1-3H3,(H,29,30)/b5-4+,9-8+,18-6+/t19-,21+,22+,25+,26+/m0/s1. The Balaban J connectivity index is 2.25. The van der Waals surface area contributed by atoms with Gasteiger partial charge in [0.2, 0.25) is 0 Å². The molecule has 0 fully saturated rings. The van der Waals surface area contributed by atoms with Crippen molar-refractivity contribution in [2.45, 2.75) is 70.7 Å². The molecular formula is C26H35NO6. The number of esters is 1. The number of allylic oxidation sites excluding steroid dienone is 3. The van der Waals surface area contributed by atoms with Crippen molar-refractivity contribution in [3.63, 3.8) is 0 Å². The van der Waals surface area contributed by atoms with E-state index in [1.54, 1.807) is 31.5 Å². The molecule has 1 aliphatic rings. The fraction of sp³-hybridized carbons (Fsp3) is 0.500. The van der Waals surface area contributed by atoms with Crippen LogP contribution in [0.1, 0.15) is 52.0 Å². The zero-order valence-electron chi connectivity index (χ0n) is 19.6. The van der Waals surface area contributed by atoms with E-state index in [0.29, 0.717) is 0 Å². The van der Waals surface area contributed by atoms with Crippen LogP contribution in [-0.4, -0.2) is 50.1 Å². The maximum absolute atomic E-state index is 12.5. The minimum atomic E-state index is -1.32. The second-order valence-corrected chi connectivity index (χ2v) is 9.01. The van der Waals surface area contributed by atoms with Gasteiger partial charge in [-0.3, -0.25) is 14.6 Å². The largest absolute Gasteiger partial charge is 0.481 e. The van der Waals surface area contributed by atoms with Crippen molar-refractivity contribution in [2.75, 3.05) is 0 Å². The first kappa shape index (κ1) is 26.5. The smallest absolute Gasteiger partial charge is 0.309 e. The average Bonchev–Trinajstić information content (AvgIpc) is 2.76. The number of hydrogen-bond donors (Lipinski definition) is 3. The number of aromatic nitrogens is 1. The van der Waals surface area contributed by atoms with Crippen LogP contribution in [0.5, 0.6) is 0 Å².